The van der Waals surface area contributed by atoms with E-state index in [4.69, 9.17) is 14.6 Å². The summed E-state index contributed by atoms with van der Waals surface area (Å²) in [5.41, 5.74) is 0. The van der Waals surface area contributed by atoms with E-state index in [1.54, 1.807) is 24.3 Å². The van der Waals surface area contributed by atoms with Gasteiger partial charge in [-0.15, -0.1) is 0 Å². The minimum Gasteiger partial charge on any atom is -0.493 e. The van der Waals surface area contributed by atoms with Crippen LogP contribution in [0, 0.1) is 5.92 Å². The Morgan fingerprint density at radius 1 is 1.00 bits per heavy atom. The number of aliphatic carboxylic acids is 1. The maximum Gasteiger partial charge on any atom is 0.310 e. The average molecular weight is 346 g/mol. The molecule has 0 heterocycles. The Balaban J connectivity index is 1.88. The molecule has 126 valence electrons. The summed E-state index contributed by atoms with van der Waals surface area (Å²) in [6.07, 6.45) is 0. The molecule has 5 nitrogen and oxygen atoms in total. The molecule has 0 spiro atoms. The van der Waals surface area contributed by atoms with Crippen LogP contribution in [-0.2, 0) is 9.59 Å². The number of ether oxygens (including phenoxy) is 2. The van der Waals surface area contributed by atoms with E-state index in [2.05, 4.69) is 0 Å². The van der Waals surface area contributed by atoms with Gasteiger partial charge in [-0.25, -0.2) is 0 Å². The molecule has 1 N–H and O–H groups in total. The molecule has 0 aliphatic heterocycles. The van der Waals surface area contributed by atoms with Crippen molar-refractivity contribution in [2.24, 2.45) is 5.92 Å². The van der Waals surface area contributed by atoms with Crippen molar-refractivity contribution in [1.29, 1.82) is 0 Å². The summed E-state index contributed by atoms with van der Waals surface area (Å²) >= 11 is 0.987. The van der Waals surface area contributed by atoms with Crippen molar-refractivity contribution in [3.63, 3.8) is 0 Å². The Hall–Kier alpha value is -2.47. The van der Waals surface area contributed by atoms with Gasteiger partial charge in [0.1, 0.15) is 29.8 Å². The van der Waals surface area contributed by atoms with Gasteiger partial charge in [0.15, 0.2) is 5.12 Å². The minimum atomic E-state index is -0.979. The maximum absolute atomic E-state index is 11.2. The second kappa shape index (κ2) is 8.98. The van der Waals surface area contributed by atoms with Crippen molar-refractivity contribution < 1.29 is 24.2 Å². The van der Waals surface area contributed by atoms with Gasteiger partial charge in [0.25, 0.3) is 0 Å². The Morgan fingerprint density at radius 2 is 1.58 bits per heavy atom. The molecular formula is C18H18O5S. The summed E-state index contributed by atoms with van der Waals surface area (Å²) in [5.74, 6) is 0.426. The van der Waals surface area contributed by atoms with Crippen molar-refractivity contribution in [1.82, 2.24) is 0 Å². The van der Waals surface area contributed by atoms with E-state index in [1.807, 2.05) is 30.3 Å². The SMILES string of the molecule is CC(=O)SCC(COc1ccc(Oc2ccccc2)cc1)C(=O)O. The number of carboxylic acid groups (broad SMARTS) is 1. The van der Waals surface area contributed by atoms with Crippen LogP contribution in [0.15, 0.2) is 54.6 Å². The highest BCUT2D eigenvalue weighted by Crippen LogP contribution is 2.24. The zero-order valence-corrected chi connectivity index (χ0v) is 14.0. The minimum absolute atomic E-state index is 0.00843. The molecule has 0 aliphatic rings. The molecule has 0 saturated carbocycles. The van der Waals surface area contributed by atoms with Crippen molar-refractivity contribution >= 4 is 22.8 Å². The van der Waals surface area contributed by atoms with Gasteiger partial charge in [0.05, 0.1) is 0 Å². The smallest absolute Gasteiger partial charge is 0.310 e. The second-order valence-corrected chi connectivity index (χ2v) is 6.23. The average Bonchev–Trinajstić information content (AvgIpc) is 2.56. The zero-order chi connectivity index (χ0) is 17.4. The van der Waals surface area contributed by atoms with Gasteiger partial charge in [-0.1, -0.05) is 30.0 Å². The molecule has 2 aromatic carbocycles. The number of hydrogen-bond donors (Lipinski definition) is 1. The molecule has 0 amide bonds. The van der Waals surface area contributed by atoms with Gasteiger partial charge >= 0.3 is 5.97 Å². The molecule has 1 unspecified atom stereocenters. The van der Waals surface area contributed by atoms with Crippen LogP contribution in [0.5, 0.6) is 17.2 Å². The standard InChI is InChI=1S/C18H18O5S/c1-13(19)24-12-14(18(20)21)11-22-15-7-9-17(10-8-15)23-16-5-3-2-4-6-16/h2-10,14H,11-12H2,1H3,(H,20,21). The van der Waals surface area contributed by atoms with Crippen molar-refractivity contribution in [2.45, 2.75) is 6.92 Å². The third-order valence-electron chi connectivity index (χ3n) is 3.09. The van der Waals surface area contributed by atoms with Crippen LogP contribution in [-0.4, -0.2) is 28.6 Å². The summed E-state index contributed by atoms with van der Waals surface area (Å²) in [6.45, 7) is 1.42. The first-order valence-corrected chi connectivity index (χ1v) is 8.35. The van der Waals surface area contributed by atoms with Crippen molar-refractivity contribution in [2.75, 3.05) is 12.4 Å². The van der Waals surface area contributed by atoms with Crippen LogP contribution in [0.25, 0.3) is 0 Å². The molecule has 2 aromatic rings. The molecule has 6 heteroatoms. The number of carboxylic acids is 1. The van der Waals surface area contributed by atoms with Crippen LogP contribution < -0.4 is 9.47 Å². The van der Waals surface area contributed by atoms with Gasteiger partial charge in [-0.05, 0) is 36.4 Å². The molecule has 0 aromatic heterocycles. The van der Waals surface area contributed by atoms with E-state index in [-0.39, 0.29) is 17.5 Å². The number of hydrogen-bond acceptors (Lipinski definition) is 5. The first kappa shape index (κ1) is 17.9. The molecule has 0 saturated heterocycles. The van der Waals surface area contributed by atoms with Gasteiger partial charge < -0.3 is 14.6 Å². The van der Waals surface area contributed by atoms with E-state index < -0.39 is 11.9 Å². The van der Waals surface area contributed by atoms with Gasteiger partial charge in [0.2, 0.25) is 0 Å². The highest BCUT2D eigenvalue weighted by atomic mass is 32.2. The van der Waals surface area contributed by atoms with E-state index in [0.717, 1.165) is 17.5 Å². The number of rotatable bonds is 8. The highest BCUT2D eigenvalue weighted by molar-refractivity contribution is 8.13. The highest BCUT2D eigenvalue weighted by Gasteiger charge is 2.19. The van der Waals surface area contributed by atoms with E-state index in [0.29, 0.717) is 11.5 Å². The third-order valence-corrected chi connectivity index (χ3v) is 4.07. The fourth-order valence-corrected chi connectivity index (χ4v) is 2.51. The molecule has 24 heavy (non-hydrogen) atoms. The van der Waals surface area contributed by atoms with Gasteiger partial charge in [-0.3, -0.25) is 9.59 Å². The predicted octanol–water partition coefficient (Wildman–Crippen LogP) is 3.84. The number of carbonyl (C=O) groups excluding carboxylic acids is 1. The van der Waals surface area contributed by atoms with Crippen LogP contribution in [0.2, 0.25) is 0 Å². The quantitative estimate of drug-likeness (QED) is 0.783. The largest absolute Gasteiger partial charge is 0.493 e. The predicted molar refractivity (Wildman–Crippen MR) is 92.7 cm³/mol. The fourth-order valence-electron chi connectivity index (χ4n) is 1.83. The molecule has 0 bridgehead atoms. The zero-order valence-electron chi connectivity index (χ0n) is 13.2. The molecule has 0 radical (unpaired) electrons. The Morgan fingerprint density at radius 3 is 2.17 bits per heavy atom. The van der Waals surface area contributed by atoms with Crippen LogP contribution in [0.4, 0.5) is 0 Å². The number of para-hydroxylation sites is 1. The molecule has 1 atom stereocenters. The van der Waals surface area contributed by atoms with Crippen LogP contribution in [0.3, 0.4) is 0 Å². The molecule has 2 rings (SSSR count). The summed E-state index contributed by atoms with van der Waals surface area (Å²) in [6, 6.07) is 16.3. The lowest BCUT2D eigenvalue weighted by atomic mass is 10.2. The molecular weight excluding hydrogens is 328 g/mol. The summed E-state index contributed by atoms with van der Waals surface area (Å²) in [7, 11) is 0. The first-order chi connectivity index (χ1) is 11.5. The summed E-state index contributed by atoms with van der Waals surface area (Å²) in [5, 5.41) is 9.04. The molecule has 0 fully saturated rings. The van der Waals surface area contributed by atoms with Gasteiger partial charge in [0, 0.05) is 12.7 Å². The molecule has 0 aliphatic carbocycles. The monoisotopic (exact) mass is 346 g/mol. The van der Waals surface area contributed by atoms with E-state index >= 15 is 0 Å². The van der Waals surface area contributed by atoms with Crippen molar-refractivity contribution in [3.05, 3.63) is 54.6 Å². The van der Waals surface area contributed by atoms with Crippen molar-refractivity contribution in [3.8, 4) is 17.2 Å². The summed E-state index contributed by atoms with van der Waals surface area (Å²) in [4.78, 5) is 22.1. The lowest BCUT2D eigenvalue weighted by molar-refractivity contribution is -0.141. The third kappa shape index (κ3) is 5.96. The lowest BCUT2D eigenvalue weighted by Crippen LogP contribution is -2.24. The Kier molecular flexibility index (Phi) is 6.69. The summed E-state index contributed by atoms with van der Waals surface area (Å²) < 4.78 is 11.2. The topological polar surface area (TPSA) is 72.8 Å². The van der Waals surface area contributed by atoms with E-state index in [9.17, 15) is 9.59 Å². The van der Waals surface area contributed by atoms with Crippen LogP contribution >= 0.6 is 11.8 Å². The van der Waals surface area contributed by atoms with E-state index in [1.165, 1.54) is 6.92 Å². The lowest BCUT2D eigenvalue weighted by Gasteiger charge is -2.13. The second-order valence-electron chi connectivity index (χ2n) is 5.04. The normalized spacial score (nSPS) is 11.5. The Labute approximate surface area is 144 Å². The first-order valence-electron chi connectivity index (χ1n) is 7.36. The number of carbonyl (C=O) groups is 2. The number of benzene rings is 2. The van der Waals surface area contributed by atoms with Gasteiger partial charge in [-0.2, -0.15) is 0 Å². The van der Waals surface area contributed by atoms with Crippen LogP contribution in [0.1, 0.15) is 6.92 Å². The fraction of sp³-hybridized carbons (Fsp3) is 0.222. The maximum atomic E-state index is 11.2. The Bertz CT molecular complexity index is 670. The number of thioether (sulfide) groups is 1.